The lowest BCUT2D eigenvalue weighted by Gasteiger charge is -2.31. The van der Waals surface area contributed by atoms with E-state index in [4.69, 9.17) is 0 Å². The van der Waals surface area contributed by atoms with Crippen molar-refractivity contribution in [2.24, 2.45) is 0 Å². The second kappa shape index (κ2) is 8.39. The standard InChI is InChI=1S/C28H29N3O2/c1-4-15-30(16-5-2)31-24-14-10-8-12-20(24)27(32)21-17-23-25(18(6-3)26(21)31)28(33)19-11-7-9-13-22(19)29-23/h7-14,17H,4-6,15-16H2,1-3H3,(H,29,33). The van der Waals surface area contributed by atoms with Gasteiger partial charge in [-0.15, -0.1) is 0 Å². The number of nitrogens with zero attached hydrogens (tertiary/aromatic N) is 2. The molecule has 2 heterocycles. The lowest BCUT2D eigenvalue weighted by molar-refractivity contribution is 0.594. The monoisotopic (exact) mass is 439 g/mol. The van der Waals surface area contributed by atoms with Gasteiger partial charge in [-0.25, -0.2) is 0 Å². The highest BCUT2D eigenvalue weighted by atomic mass is 16.1. The molecule has 0 bridgehead atoms. The maximum absolute atomic E-state index is 13.7. The molecule has 2 aromatic heterocycles. The van der Waals surface area contributed by atoms with Crippen LogP contribution in [-0.2, 0) is 6.42 Å². The van der Waals surface area contributed by atoms with Gasteiger partial charge in [-0.3, -0.25) is 14.3 Å². The largest absolute Gasteiger partial charge is 0.354 e. The summed E-state index contributed by atoms with van der Waals surface area (Å²) >= 11 is 0. The van der Waals surface area contributed by atoms with Crippen molar-refractivity contribution in [3.63, 3.8) is 0 Å². The second-order valence-corrected chi connectivity index (χ2v) is 8.64. The molecule has 0 saturated heterocycles. The van der Waals surface area contributed by atoms with Crippen LogP contribution in [0, 0.1) is 0 Å². The molecule has 5 rings (SSSR count). The van der Waals surface area contributed by atoms with Crippen LogP contribution >= 0.6 is 0 Å². The fraction of sp³-hybridized carbons (Fsp3) is 0.286. The van der Waals surface area contributed by atoms with Gasteiger partial charge in [-0.05, 0) is 55.2 Å². The molecule has 0 aliphatic carbocycles. The average Bonchev–Trinajstić information content (AvgIpc) is 2.84. The maximum atomic E-state index is 13.7. The third-order valence-electron chi connectivity index (χ3n) is 6.50. The molecule has 0 spiro atoms. The maximum Gasteiger partial charge on any atom is 0.197 e. The summed E-state index contributed by atoms with van der Waals surface area (Å²) in [5.74, 6) is 0. The minimum absolute atomic E-state index is 0.00963. The van der Waals surface area contributed by atoms with Gasteiger partial charge in [-0.1, -0.05) is 45.0 Å². The van der Waals surface area contributed by atoms with Gasteiger partial charge in [0.1, 0.15) is 0 Å². The van der Waals surface area contributed by atoms with E-state index in [1.165, 1.54) is 0 Å². The number of aromatic nitrogens is 2. The van der Waals surface area contributed by atoms with Crippen LogP contribution in [0.15, 0.2) is 64.2 Å². The Bertz CT molecular complexity index is 1620. The number of aryl methyl sites for hydroxylation is 1. The van der Waals surface area contributed by atoms with Gasteiger partial charge in [0.15, 0.2) is 10.9 Å². The Morgan fingerprint density at radius 3 is 2.15 bits per heavy atom. The highest BCUT2D eigenvalue weighted by molar-refractivity contribution is 6.06. The Hall–Kier alpha value is -3.60. The lowest BCUT2D eigenvalue weighted by atomic mass is 9.97. The van der Waals surface area contributed by atoms with Crippen molar-refractivity contribution >= 4 is 43.6 Å². The first-order valence-electron chi connectivity index (χ1n) is 11.9. The highest BCUT2D eigenvalue weighted by Crippen LogP contribution is 2.29. The zero-order valence-electron chi connectivity index (χ0n) is 19.4. The predicted molar refractivity (Wildman–Crippen MR) is 139 cm³/mol. The predicted octanol–water partition coefficient (Wildman–Crippen LogP) is 5.47. The first-order valence-corrected chi connectivity index (χ1v) is 11.9. The first-order chi connectivity index (χ1) is 16.1. The second-order valence-electron chi connectivity index (χ2n) is 8.64. The normalized spacial score (nSPS) is 11.7. The molecular weight excluding hydrogens is 410 g/mol. The van der Waals surface area contributed by atoms with Crippen LogP contribution in [0.2, 0.25) is 0 Å². The number of para-hydroxylation sites is 2. The SMILES string of the molecule is CCCN(CCC)n1c2ccccc2c(=O)c2cc3[nH]c4ccccc4c(=O)c3c(CC)c21. The summed E-state index contributed by atoms with van der Waals surface area (Å²) in [6.07, 6.45) is 2.63. The zero-order chi connectivity index (χ0) is 23.1. The van der Waals surface area contributed by atoms with E-state index in [2.05, 4.69) is 35.4 Å². The quantitative estimate of drug-likeness (QED) is 0.357. The molecule has 33 heavy (non-hydrogen) atoms. The number of H-pyrrole nitrogens is 1. The van der Waals surface area contributed by atoms with Crippen LogP contribution in [0.4, 0.5) is 0 Å². The summed E-state index contributed by atoms with van der Waals surface area (Å²) in [5, 5.41) is 5.03. The van der Waals surface area contributed by atoms with Crippen LogP contribution in [0.5, 0.6) is 0 Å². The molecule has 5 nitrogen and oxygen atoms in total. The Labute approximate surface area is 192 Å². The number of hydrogen-bond acceptors (Lipinski definition) is 3. The van der Waals surface area contributed by atoms with Crippen molar-refractivity contribution in [3.8, 4) is 0 Å². The zero-order valence-corrected chi connectivity index (χ0v) is 19.4. The number of benzene rings is 3. The molecular formula is C28H29N3O2. The number of aromatic amines is 1. The number of hydrogen-bond donors (Lipinski definition) is 1. The number of rotatable bonds is 6. The Morgan fingerprint density at radius 2 is 1.45 bits per heavy atom. The van der Waals surface area contributed by atoms with Crippen LogP contribution < -0.4 is 15.9 Å². The Kier molecular flexibility index (Phi) is 5.41. The molecule has 0 unspecified atom stereocenters. The Morgan fingerprint density at radius 1 is 0.788 bits per heavy atom. The van der Waals surface area contributed by atoms with Gasteiger partial charge in [0, 0.05) is 29.4 Å². The molecule has 0 atom stereocenters. The first kappa shape index (κ1) is 21.3. The molecule has 0 radical (unpaired) electrons. The summed E-state index contributed by atoms with van der Waals surface area (Å²) in [7, 11) is 0. The Balaban J connectivity index is 2.08. The van der Waals surface area contributed by atoms with E-state index in [0.717, 1.165) is 53.6 Å². The van der Waals surface area contributed by atoms with Crippen LogP contribution in [0.3, 0.4) is 0 Å². The van der Waals surface area contributed by atoms with Crippen molar-refractivity contribution in [1.29, 1.82) is 0 Å². The van der Waals surface area contributed by atoms with Gasteiger partial charge in [-0.2, -0.15) is 0 Å². The molecule has 0 aliphatic heterocycles. The fourth-order valence-electron chi connectivity index (χ4n) is 5.15. The lowest BCUT2D eigenvalue weighted by Crippen LogP contribution is -2.38. The van der Waals surface area contributed by atoms with Crippen molar-refractivity contribution < 1.29 is 0 Å². The van der Waals surface area contributed by atoms with Crippen molar-refractivity contribution in [1.82, 2.24) is 9.66 Å². The number of fused-ring (bicyclic) bond motifs is 4. The summed E-state index contributed by atoms with van der Waals surface area (Å²) in [5.41, 5.74) is 4.21. The van der Waals surface area contributed by atoms with Crippen LogP contribution in [-0.4, -0.2) is 22.7 Å². The van der Waals surface area contributed by atoms with Gasteiger partial charge < -0.3 is 9.99 Å². The van der Waals surface area contributed by atoms with Gasteiger partial charge in [0.25, 0.3) is 0 Å². The van der Waals surface area contributed by atoms with Crippen LogP contribution in [0.25, 0.3) is 43.6 Å². The van der Waals surface area contributed by atoms with Crippen LogP contribution in [0.1, 0.15) is 39.2 Å². The van der Waals surface area contributed by atoms with E-state index in [0.29, 0.717) is 28.0 Å². The molecule has 168 valence electrons. The molecule has 5 aromatic rings. The third kappa shape index (κ3) is 3.22. The minimum Gasteiger partial charge on any atom is -0.354 e. The summed E-state index contributed by atoms with van der Waals surface area (Å²) in [4.78, 5) is 30.8. The minimum atomic E-state index is 0.00963. The summed E-state index contributed by atoms with van der Waals surface area (Å²) in [6, 6.07) is 17.3. The smallest absolute Gasteiger partial charge is 0.197 e. The van der Waals surface area contributed by atoms with Crippen molar-refractivity contribution in [2.45, 2.75) is 40.0 Å². The third-order valence-corrected chi connectivity index (χ3v) is 6.50. The van der Waals surface area contributed by atoms with E-state index < -0.39 is 0 Å². The van der Waals surface area contributed by atoms with E-state index >= 15 is 0 Å². The molecule has 0 amide bonds. The topological polar surface area (TPSA) is 58.1 Å². The molecule has 5 heteroatoms. The number of pyridine rings is 2. The van der Waals surface area contributed by atoms with E-state index in [1.54, 1.807) is 0 Å². The number of nitrogens with one attached hydrogen (secondary N) is 1. The molecule has 0 saturated carbocycles. The fourth-order valence-corrected chi connectivity index (χ4v) is 5.15. The van der Waals surface area contributed by atoms with E-state index in [9.17, 15) is 9.59 Å². The summed E-state index contributed by atoms with van der Waals surface area (Å²) < 4.78 is 2.21. The van der Waals surface area contributed by atoms with Crippen molar-refractivity contribution in [2.75, 3.05) is 18.1 Å². The van der Waals surface area contributed by atoms with Gasteiger partial charge in [0.2, 0.25) is 0 Å². The van der Waals surface area contributed by atoms with E-state index in [-0.39, 0.29) is 10.9 Å². The van der Waals surface area contributed by atoms with Crippen molar-refractivity contribution in [3.05, 3.63) is 80.6 Å². The summed E-state index contributed by atoms with van der Waals surface area (Å²) in [6.45, 7) is 8.14. The van der Waals surface area contributed by atoms with E-state index in [1.807, 2.05) is 54.6 Å². The molecule has 0 fully saturated rings. The molecule has 1 N–H and O–H groups in total. The van der Waals surface area contributed by atoms with Gasteiger partial charge >= 0.3 is 0 Å². The van der Waals surface area contributed by atoms with Gasteiger partial charge in [0.05, 0.1) is 27.3 Å². The highest BCUT2D eigenvalue weighted by Gasteiger charge is 2.21. The molecule has 0 aliphatic rings. The average molecular weight is 440 g/mol. The molecule has 3 aromatic carbocycles.